The fraction of sp³-hybridized carbons (Fsp3) is 0.387. The number of benzene rings is 3. The van der Waals surface area contributed by atoms with Crippen LogP contribution in [0.2, 0.25) is 0 Å². The maximum Gasteiger partial charge on any atom is 0.410 e. The van der Waals surface area contributed by atoms with Crippen LogP contribution in [0.25, 0.3) is 10.8 Å². The SMILES string of the molecule is CC(C)(C)OC(=O)N1CCN(CCOc2ccc3cc(CC(NC(=O)c4ccccc4)C(=O)O)ccc3c2)CC1. The molecule has 1 heterocycles. The largest absolute Gasteiger partial charge is 0.492 e. The molecule has 40 heavy (non-hydrogen) atoms. The van der Waals surface area contributed by atoms with Crippen molar-refractivity contribution in [2.45, 2.75) is 38.8 Å². The second-order valence-electron chi connectivity index (χ2n) is 10.9. The highest BCUT2D eigenvalue weighted by Gasteiger charge is 2.26. The number of rotatable bonds is 9. The van der Waals surface area contributed by atoms with E-state index in [1.165, 1.54) is 0 Å². The topological polar surface area (TPSA) is 108 Å². The second kappa shape index (κ2) is 12.8. The van der Waals surface area contributed by atoms with Gasteiger partial charge in [-0.05, 0) is 61.4 Å². The third kappa shape index (κ3) is 8.19. The van der Waals surface area contributed by atoms with Crippen molar-refractivity contribution in [3.05, 3.63) is 77.9 Å². The van der Waals surface area contributed by atoms with Gasteiger partial charge in [0.25, 0.3) is 5.91 Å². The molecule has 4 rings (SSSR count). The Hall–Kier alpha value is -4.11. The van der Waals surface area contributed by atoms with Gasteiger partial charge in [-0.15, -0.1) is 0 Å². The third-order valence-electron chi connectivity index (χ3n) is 6.66. The number of carbonyl (C=O) groups excluding carboxylic acids is 2. The number of hydrogen-bond donors (Lipinski definition) is 2. The summed E-state index contributed by atoms with van der Waals surface area (Å²) in [6.07, 6.45) is -0.0957. The number of amides is 2. The molecular weight excluding hydrogens is 510 g/mol. The molecule has 0 aliphatic carbocycles. The van der Waals surface area contributed by atoms with Crippen LogP contribution in [0.1, 0.15) is 36.7 Å². The summed E-state index contributed by atoms with van der Waals surface area (Å²) in [6, 6.07) is 19.1. The molecule has 1 saturated heterocycles. The summed E-state index contributed by atoms with van der Waals surface area (Å²) < 4.78 is 11.5. The molecule has 0 spiro atoms. The molecule has 0 aromatic heterocycles. The molecule has 2 amide bonds. The lowest BCUT2D eigenvalue weighted by Gasteiger charge is -2.35. The van der Waals surface area contributed by atoms with Gasteiger partial charge in [0.05, 0.1) is 0 Å². The molecule has 1 aliphatic heterocycles. The Morgan fingerprint density at radius 2 is 1.60 bits per heavy atom. The first kappa shape index (κ1) is 28.9. The predicted octanol–water partition coefficient (Wildman–Crippen LogP) is 4.20. The fourth-order valence-corrected chi connectivity index (χ4v) is 4.53. The lowest BCUT2D eigenvalue weighted by Crippen LogP contribution is -2.50. The van der Waals surface area contributed by atoms with Gasteiger partial charge >= 0.3 is 12.1 Å². The number of hydrogen-bond acceptors (Lipinski definition) is 6. The van der Waals surface area contributed by atoms with E-state index in [4.69, 9.17) is 9.47 Å². The van der Waals surface area contributed by atoms with Crippen LogP contribution in [-0.4, -0.2) is 83.8 Å². The zero-order chi connectivity index (χ0) is 28.7. The summed E-state index contributed by atoms with van der Waals surface area (Å²) in [4.78, 5) is 40.6. The van der Waals surface area contributed by atoms with Crippen molar-refractivity contribution in [3.8, 4) is 5.75 Å². The summed E-state index contributed by atoms with van der Waals surface area (Å²) in [6.45, 7) is 9.69. The number of nitrogens with zero attached hydrogens (tertiary/aromatic N) is 2. The molecule has 0 bridgehead atoms. The monoisotopic (exact) mass is 547 g/mol. The number of aliphatic carboxylic acids is 1. The fourth-order valence-electron chi connectivity index (χ4n) is 4.53. The standard InChI is InChI=1S/C31H37N3O6/c1-31(2,3)40-30(38)34-15-13-33(14-16-34)17-18-39-26-12-11-24-19-22(9-10-25(24)21-26)20-27(29(36)37)32-28(35)23-7-5-4-6-8-23/h4-12,19,21,27H,13-18,20H2,1-3H3,(H,32,35)(H,36,37). The number of piperazine rings is 1. The number of carbonyl (C=O) groups is 3. The third-order valence-corrected chi connectivity index (χ3v) is 6.66. The van der Waals surface area contributed by atoms with Crippen molar-refractivity contribution in [1.29, 1.82) is 0 Å². The number of nitrogens with one attached hydrogen (secondary N) is 1. The maximum absolute atomic E-state index is 12.5. The van der Waals surface area contributed by atoms with Crippen LogP contribution in [0.4, 0.5) is 4.79 Å². The first-order chi connectivity index (χ1) is 19.1. The average Bonchev–Trinajstić information content (AvgIpc) is 2.92. The van der Waals surface area contributed by atoms with Crippen LogP contribution in [0.5, 0.6) is 5.75 Å². The Bertz CT molecular complexity index is 1330. The van der Waals surface area contributed by atoms with E-state index < -0.39 is 23.5 Å². The number of ether oxygens (including phenoxy) is 2. The molecule has 0 radical (unpaired) electrons. The highest BCUT2D eigenvalue weighted by Crippen LogP contribution is 2.23. The summed E-state index contributed by atoms with van der Waals surface area (Å²) in [7, 11) is 0. The lowest BCUT2D eigenvalue weighted by molar-refractivity contribution is -0.139. The van der Waals surface area contributed by atoms with Gasteiger partial charge in [-0.2, -0.15) is 0 Å². The van der Waals surface area contributed by atoms with E-state index >= 15 is 0 Å². The molecule has 1 atom stereocenters. The Morgan fingerprint density at radius 1 is 0.925 bits per heavy atom. The van der Waals surface area contributed by atoms with Gasteiger partial charge in [-0.3, -0.25) is 9.69 Å². The average molecular weight is 548 g/mol. The van der Waals surface area contributed by atoms with Gasteiger partial charge < -0.3 is 24.8 Å². The van der Waals surface area contributed by atoms with Crippen molar-refractivity contribution in [3.63, 3.8) is 0 Å². The minimum atomic E-state index is -1.08. The van der Waals surface area contributed by atoms with Crippen molar-refractivity contribution < 1.29 is 29.0 Å². The summed E-state index contributed by atoms with van der Waals surface area (Å²) >= 11 is 0. The molecule has 1 aliphatic rings. The van der Waals surface area contributed by atoms with Crippen molar-refractivity contribution >= 4 is 28.7 Å². The molecule has 3 aromatic rings. The molecule has 212 valence electrons. The van der Waals surface area contributed by atoms with Crippen LogP contribution in [-0.2, 0) is 16.0 Å². The van der Waals surface area contributed by atoms with Crippen LogP contribution >= 0.6 is 0 Å². The Labute approximate surface area is 234 Å². The van der Waals surface area contributed by atoms with Crippen LogP contribution in [0.3, 0.4) is 0 Å². The van der Waals surface area contributed by atoms with E-state index in [9.17, 15) is 19.5 Å². The molecule has 9 nitrogen and oxygen atoms in total. The van der Waals surface area contributed by atoms with Crippen molar-refractivity contribution in [1.82, 2.24) is 15.1 Å². The van der Waals surface area contributed by atoms with E-state index in [-0.39, 0.29) is 12.5 Å². The zero-order valence-corrected chi connectivity index (χ0v) is 23.3. The molecule has 9 heteroatoms. The van der Waals surface area contributed by atoms with Crippen molar-refractivity contribution in [2.24, 2.45) is 0 Å². The first-order valence-electron chi connectivity index (χ1n) is 13.5. The Kier molecular flexibility index (Phi) is 9.26. The molecule has 1 unspecified atom stereocenters. The van der Waals surface area contributed by atoms with Gasteiger partial charge in [0.1, 0.15) is 24.0 Å². The molecule has 2 N–H and O–H groups in total. The number of carboxylic acids is 1. The van der Waals surface area contributed by atoms with E-state index in [0.717, 1.165) is 41.7 Å². The zero-order valence-electron chi connectivity index (χ0n) is 23.3. The number of fused-ring (bicyclic) bond motifs is 1. The molecule has 3 aromatic carbocycles. The van der Waals surface area contributed by atoms with Crippen LogP contribution in [0.15, 0.2) is 66.7 Å². The van der Waals surface area contributed by atoms with Gasteiger partial charge in [0, 0.05) is 44.7 Å². The second-order valence-corrected chi connectivity index (χ2v) is 10.9. The highest BCUT2D eigenvalue weighted by atomic mass is 16.6. The summed E-state index contributed by atoms with van der Waals surface area (Å²) in [5.41, 5.74) is 0.736. The quantitative estimate of drug-likeness (QED) is 0.413. The Balaban J connectivity index is 1.27. The van der Waals surface area contributed by atoms with E-state index in [2.05, 4.69) is 10.2 Å². The van der Waals surface area contributed by atoms with Crippen LogP contribution < -0.4 is 10.1 Å². The molecular formula is C31H37N3O6. The minimum Gasteiger partial charge on any atom is -0.492 e. The minimum absolute atomic E-state index is 0.170. The summed E-state index contributed by atoms with van der Waals surface area (Å²) in [5.74, 6) is -0.744. The van der Waals surface area contributed by atoms with E-state index in [1.54, 1.807) is 35.2 Å². The van der Waals surface area contributed by atoms with Gasteiger partial charge in [-0.25, -0.2) is 9.59 Å². The summed E-state index contributed by atoms with van der Waals surface area (Å²) in [5, 5.41) is 14.2. The lowest BCUT2D eigenvalue weighted by atomic mass is 10.0. The Morgan fingerprint density at radius 3 is 2.27 bits per heavy atom. The van der Waals surface area contributed by atoms with E-state index in [0.29, 0.717) is 25.3 Å². The predicted molar refractivity (Wildman–Crippen MR) is 153 cm³/mol. The molecule has 0 saturated carbocycles. The van der Waals surface area contributed by atoms with Gasteiger partial charge in [0.15, 0.2) is 0 Å². The van der Waals surface area contributed by atoms with Gasteiger partial charge in [-0.1, -0.05) is 42.5 Å². The van der Waals surface area contributed by atoms with Crippen LogP contribution in [0, 0.1) is 0 Å². The first-order valence-corrected chi connectivity index (χ1v) is 13.5. The number of carboxylic acid groups (broad SMARTS) is 1. The van der Waals surface area contributed by atoms with Crippen molar-refractivity contribution in [2.75, 3.05) is 39.3 Å². The normalized spacial score (nSPS) is 14.9. The maximum atomic E-state index is 12.5. The molecule has 1 fully saturated rings. The van der Waals surface area contributed by atoms with Gasteiger partial charge in [0.2, 0.25) is 0 Å². The smallest absolute Gasteiger partial charge is 0.410 e. The highest BCUT2D eigenvalue weighted by molar-refractivity contribution is 5.96. The van der Waals surface area contributed by atoms with E-state index in [1.807, 2.05) is 57.2 Å².